The first-order valence-electron chi connectivity index (χ1n) is 3.57. The molecular formula is C7H3BrFN3O2. The third-order valence-corrected chi connectivity index (χ3v) is 2.38. The minimum absolute atomic E-state index is 0.347. The van der Waals surface area contributed by atoms with E-state index in [0.717, 1.165) is 12.1 Å². The predicted octanol–water partition coefficient (Wildman–Crippen LogP) is 2.37. The highest BCUT2D eigenvalue weighted by atomic mass is 79.9. The van der Waals surface area contributed by atoms with Crippen molar-refractivity contribution >= 4 is 32.5 Å². The molecule has 5 nitrogen and oxygen atoms in total. The molecule has 0 aliphatic rings. The van der Waals surface area contributed by atoms with Gasteiger partial charge in [0.15, 0.2) is 0 Å². The quantitative estimate of drug-likeness (QED) is 0.631. The second kappa shape index (κ2) is 3.02. The van der Waals surface area contributed by atoms with Crippen LogP contribution in [-0.2, 0) is 0 Å². The molecule has 7 heteroatoms. The first-order valence-corrected chi connectivity index (χ1v) is 4.36. The monoisotopic (exact) mass is 259 g/mol. The number of halogens is 2. The number of fused-ring (bicyclic) bond motifs is 1. The molecule has 0 atom stereocenters. The third-order valence-electron chi connectivity index (χ3n) is 1.77. The van der Waals surface area contributed by atoms with Crippen LogP contribution in [0.1, 0.15) is 0 Å². The Kier molecular flexibility index (Phi) is 1.95. The molecule has 0 unspecified atom stereocenters. The lowest BCUT2D eigenvalue weighted by molar-refractivity contribution is -0.387. The molecule has 0 saturated heterocycles. The van der Waals surface area contributed by atoms with E-state index in [1.54, 1.807) is 0 Å². The lowest BCUT2D eigenvalue weighted by atomic mass is 10.2. The Morgan fingerprint density at radius 3 is 2.93 bits per heavy atom. The molecule has 0 spiro atoms. The van der Waals surface area contributed by atoms with Crippen LogP contribution in [0.15, 0.2) is 16.7 Å². The number of nitro benzene ring substituents is 1. The Morgan fingerprint density at radius 2 is 2.29 bits per heavy atom. The first-order chi connectivity index (χ1) is 6.59. The number of aromatic nitrogens is 2. The second-order valence-corrected chi connectivity index (χ2v) is 3.41. The van der Waals surface area contributed by atoms with Gasteiger partial charge in [0.1, 0.15) is 4.60 Å². The van der Waals surface area contributed by atoms with Gasteiger partial charge < -0.3 is 0 Å². The van der Waals surface area contributed by atoms with Crippen LogP contribution in [-0.4, -0.2) is 15.1 Å². The molecule has 2 rings (SSSR count). The lowest BCUT2D eigenvalue weighted by Crippen LogP contribution is -1.91. The Balaban J connectivity index is 2.80. The molecule has 2 aromatic rings. The second-order valence-electron chi connectivity index (χ2n) is 2.62. The van der Waals surface area contributed by atoms with E-state index in [1.807, 2.05) is 0 Å². The van der Waals surface area contributed by atoms with Gasteiger partial charge in [0.2, 0.25) is 5.82 Å². The van der Waals surface area contributed by atoms with E-state index >= 15 is 0 Å². The molecule has 0 radical (unpaired) electrons. The Morgan fingerprint density at radius 1 is 1.57 bits per heavy atom. The molecule has 0 bridgehead atoms. The van der Waals surface area contributed by atoms with E-state index in [9.17, 15) is 14.5 Å². The molecule has 1 aromatic heterocycles. The zero-order valence-corrected chi connectivity index (χ0v) is 8.21. The van der Waals surface area contributed by atoms with E-state index < -0.39 is 16.4 Å². The van der Waals surface area contributed by atoms with Gasteiger partial charge >= 0.3 is 5.69 Å². The van der Waals surface area contributed by atoms with Crippen molar-refractivity contribution in [2.24, 2.45) is 0 Å². The van der Waals surface area contributed by atoms with Crippen LogP contribution in [0.2, 0.25) is 0 Å². The summed E-state index contributed by atoms with van der Waals surface area (Å²) in [6.45, 7) is 0. The average Bonchev–Trinajstić information content (AvgIpc) is 2.46. The van der Waals surface area contributed by atoms with Crippen molar-refractivity contribution in [1.82, 2.24) is 10.2 Å². The maximum Gasteiger partial charge on any atom is 0.305 e. The summed E-state index contributed by atoms with van der Waals surface area (Å²) in [6, 6.07) is 2.16. The van der Waals surface area contributed by atoms with Gasteiger partial charge in [-0.15, -0.1) is 0 Å². The molecule has 0 fully saturated rings. The number of nitrogens with zero attached hydrogens (tertiary/aromatic N) is 2. The van der Waals surface area contributed by atoms with Crippen LogP contribution in [0.5, 0.6) is 0 Å². The summed E-state index contributed by atoms with van der Waals surface area (Å²) >= 11 is 3.11. The Hall–Kier alpha value is -1.50. The largest absolute Gasteiger partial charge is 0.305 e. The van der Waals surface area contributed by atoms with Crippen molar-refractivity contribution in [3.05, 3.63) is 32.7 Å². The van der Waals surface area contributed by atoms with Crippen LogP contribution >= 0.6 is 15.9 Å². The van der Waals surface area contributed by atoms with Gasteiger partial charge in [0, 0.05) is 17.5 Å². The van der Waals surface area contributed by atoms with Crippen molar-refractivity contribution in [2.75, 3.05) is 0 Å². The van der Waals surface area contributed by atoms with Crippen molar-refractivity contribution in [2.45, 2.75) is 0 Å². The van der Waals surface area contributed by atoms with Gasteiger partial charge in [-0.25, -0.2) is 0 Å². The van der Waals surface area contributed by atoms with Gasteiger partial charge in [-0.1, -0.05) is 0 Å². The van der Waals surface area contributed by atoms with E-state index in [2.05, 4.69) is 26.1 Å². The smallest absolute Gasteiger partial charge is 0.270 e. The van der Waals surface area contributed by atoms with Gasteiger partial charge in [-0.05, 0) is 15.9 Å². The zero-order valence-electron chi connectivity index (χ0n) is 6.62. The molecule has 72 valence electrons. The third kappa shape index (κ3) is 1.25. The van der Waals surface area contributed by atoms with E-state index in [0.29, 0.717) is 15.5 Å². The summed E-state index contributed by atoms with van der Waals surface area (Å²) in [5, 5.41) is 17.2. The van der Waals surface area contributed by atoms with Crippen molar-refractivity contribution in [3.63, 3.8) is 0 Å². The van der Waals surface area contributed by atoms with Gasteiger partial charge in [0.05, 0.1) is 10.4 Å². The topological polar surface area (TPSA) is 71.8 Å². The SMILES string of the molecule is O=[N+]([O-])c1cc2c(Br)[nH]nc2cc1F. The number of hydrogen-bond acceptors (Lipinski definition) is 3. The summed E-state index contributed by atoms with van der Waals surface area (Å²) in [4.78, 5) is 9.65. The molecule has 0 amide bonds. The summed E-state index contributed by atoms with van der Waals surface area (Å²) in [7, 11) is 0. The van der Waals surface area contributed by atoms with Crippen molar-refractivity contribution in [3.8, 4) is 0 Å². The van der Waals surface area contributed by atoms with Crippen LogP contribution in [0.3, 0.4) is 0 Å². The first kappa shape index (κ1) is 9.07. The molecular weight excluding hydrogens is 257 g/mol. The summed E-state index contributed by atoms with van der Waals surface area (Å²) in [5.74, 6) is -0.887. The standard InChI is InChI=1S/C7H3BrFN3O2/c8-7-3-1-6(12(13)14)4(9)2-5(3)10-11-7/h1-2H,(H,10,11). The fraction of sp³-hybridized carbons (Fsp3) is 0. The minimum Gasteiger partial charge on any atom is -0.270 e. The average molecular weight is 260 g/mol. The van der Waals surface area contributed by atoms with Crippen LogP contribution in [0, 0.1) is 15.9 Å². The number of nitro groups is 1. The maximum atomic E-state index is 13.1. The highest BCUT2D eigenvalue weighted by Gasteiger charge is 2.17. The minimum atomic E-state index is -0.887. The number of aromatic amines is 1. The molecule has 0 aliphatic heterocycles. The maximum absolute atomic E-state index is 13.1. The highest BCUT2D eigenvalue weighted by molar-refractivity contribution is 9.10. The van der Waals surface area contributed by atoms with Crippen LogP contribution in [0.4, 0.5) is 10.1 Å². The number of H-pyrrole nitrogens is 1. The molecule has 0 saturated carbocycles. The van der Waals surface area contributed by atoms with E-state index in [4.69, 9.17) is 0 Å². The number of rotatable bonds is 1. The van der Waals surface area contributed by atoms with Crippen molar-refractivity contribution in [1.29, 1.82) is 0 Å². The van der Waals surface area contributed by atoms with Crippen LogP contribution in [0.25, 0.3) is 10.9 Å². The number of benzene rings is 1. The fourth-order valence-corrected chi connectivity index (χ4v) is 1.54. The van der Waals surface area contributed by atoms with Gasteiger partial charge in [-0.2, -0.15) is 9.49 Å². The number of nitrogens with one attached hydrogen (secondary N) is 1. The van der Waals surface area contributed by atoms with Gasteiger partial charge in [-0.3, -0.25) is 15.2 Å². The number of hydrogen-bond donors (Lipinski definition) is 1. The van der Waals surface area contributed by atoms with Crippen LogP contribution < -0.4 is 0 Å². The van der Waals surface area contributed by atoms with E-state index in [-0.39, 0.29) is 0 Å². The predicted molar refractivity (Wildman–Crippen MR) is 50.4 cm³/mol. The highest BCUT2D eigenvalue weighted by Crippen LogP contribution is 2.27. The molecule has 14 heavy (non-hydrogen) atoms. The molecule has 1 aromatic carbocycles. The molecule has 1 heterocycles. The summed E-state index contributed by atoms with van der Waals surface area (Å²) in [6.07, 6.45) is 0. The molecule has 1 N–H and O–H groups in total. The van der Waals surface area contributed by atoms with Crippen molar-refractivity contribution < 1.29 is 9.31 Å². The fourth-order valence-electron chi connectivity index (χ4n) is 1.13. The summed E-state index contributed by atoms with van der Waals surface area (Å²) in [5.41, 5.74) is -0.209. The zero-order chi connectivity index (χ0) is 10.3. The Bertz CT molecular complexity index is 525. The van der Waals surface area contributed by atoms with E-state index in [1.165, 1.54) is 0 Å². The lowest BCUT2D eigenvalue weighted by Gasteiger charge is -1.93. The molecule has 0 aliphatic carbocycles. The normalized spacial score (nSPS) is 10.7. The van der Waals surface area contributed by atoms with Gasteiger partial charge in [0.25, 0.3) is 0 Å². The summed E-state index contributed by atoms with van der Waals surface area (Å²) < 4.78 is 13.6. The Labute approximate surface area is 85.2 Å².